The summed E-state index contributed by atoms with van der Waals surface area (Å²) in [5, 5.41) is 10.1. The summed E-state index contributed by atoms with van der Waals surface area (Å²) < 4.78 is 0. The fraction of sp³-hybridized carbons (Fsp3) is 0.214. The summed E-state index contributed by atoms with van der Waals surface area (Å²) in [6.45, 7) is 2.03. The number of H-pyrrole nitrogens is 1. The van der Waals surface area contributed by atoms with E-state index in [1.54, 1.807) is 18.2 Å². The molecule has 20 heavy (non-hydrogen) atoms. The topological polar surface area (TPSA) is 69.5 Å². The molecule has 0 aliphatic heterocycles. The zero-order valence-corrected chi connectivity index (χ0v) is 12.4. The van der Waals surface area contributed by atoms with Crippen LogP contribution >= 0.6 is 23.4 Å². The number of nitrogens with zero attached hydrogens (tertiary/aromatic N) is 2. The number of benzene rings is 1. The summed E-state index contributed by atoms with van der Waals surface area (Å²) in [6, 6.07) is 8.60. The normalized spacial score (nSPS) is 10.2. The van der Waals surface area contributed by atoms with Gasteiger partial charge in [-0.1, -0.05) is 36.7 Å². The van der Waals surface area contributed by atoms with Crippen molar-refractivity contribution >= 4 is 23.4 Å². The Balaban J connectivity index is 2.37. The van der Waals surface area contributed by atoms with E-state index in [1.807, 2.05) is 6.92 Å². The first-order valence-corrected chi connectivity index (χ1v) is 7.29. The highest BCUT2D eigenvalue weighted by molar-refractivity contribution is 7.99. The van der Waals surface area contributed by atoms with Gasteiger partial charge in [0.2, 0.25) is 0 Å². The van der Waals surface area contributed by atoms with E-state index in [0.717, 1.165) is 18.5 Å². The predicted octanol–water partition coefficient (Wildman–Crippen LogP) is 3.40. The first-order valence-electron chi connectivity index (χ1n) is 6.10. The van der Waals surface area contributed by atoms with Gasteiger partial charge in [0.15, 0.2) is 5.16 Å². The number of aromatic nitrogens is 2. The molecule has 0 fully saturated rings. The quantitative estimate of drug-likeness (QED) is 0.879. The van der Waals surface area contributed by atoms with Crippen molar-refractivity contribution < 1.29 is 0 Å². The smallest absolute Gasteiger partial charge is 0.251 e. The minimum atomic E-state index is -0.188. The molecule has 1 N–H and O–H groups in total. The summed E-state index contributed by atoms with van der Waals surface area (Å²) >= 11 is 7.17. The van der Waals surface area contributed by atoms with Crippen LogP contribution in [0.1, 0.15) is 24.6 Å². The van der Waals surface area contributed by atoms with Crippen LogP contribution in [0.3, 0.4) is 0 Å². The first kappa shape index (κ1) is 14.6. The first-order chi connectivity index (χ1) is 9.62. The maximum absolute atomic E-state index is 11.6. The zero-order chi connectivity index (χ0) is 14.5. The van der Waals surface area contributed by atoms with E-state index in [2.05, 4.69) is 16.0 Å². The third-order valence-corrected chi connectivity index (χ3v) is 3.73. The Bertz CT molecular complexity index is 721. The monoisotopic (exact) mass is 305 g/mol. The van der Waals surface area contributed by atoms with E-state index in [1.165, 1.54) is 17.8 Å². The van der Waals surface area contributed by atoms with Crippen molar-refractivity contribution in [1.82, 2.24) is 9.97 Å². The van der Waals surface area contributed by atoms with Crippen molar-refractivity contribution in [3.63, 3.8) is 0 Å². The number of rotatable bonds is 4. The van der Waals surface area contributed by atoms with Crippen LogP contribution in [0.25, 0.3) is 0 Å². The molecule has 0 unspecified atom stereocenters. The molecule has 1 heterocycles. The van der Waals surface area contributed by atoms with Crippen LogP contribution < -0.4 is 5.56 Å². The Morgan fingerprint density at radius 2 is 2.25 bits per heavy atom. The summed E-state index contributed by atoms with van der Waals surface area (Å²) in [4.78, 5) is 19.3. The lowest BCUT2D eigenvalue weighted by atomic mass is 10.2. The standard InChI is InChI=1S/C14H12ClN3OS/c1-2-3-11-7-13(19)18-14(17-11)20-12-6-10(15)5-4-9(12)8-16/h4-7H,2-3H2,1H3,(H,17,18,19). The van der Waals surface area contributed by atoms with Crippen LogP contribution in [0, 0.1) is 11.3 Å². The Morgan fingerprint density at radius 1 is 1.45 bits per heavy atom. The number of nitrogens with one attached hydrogen (secondary N) is 1. The Morgan fingerprint density at radius 3 is 2.95 bits per heavy atom. The number of aryl methyl sites for hydroxylation is 1. The molecule has 102 valence electrons. The molecule has 0 amide bonds. The van der Waals surface area contributed by atoms with E-state index in [4.69, 9.17) is 16.9 Å². The van der Waals surface area contributed by atoms with Crippen molar-refractivity contribution in [2.75, 3.05) is 0 Å². The average Bonchev–Trinajstić information content (AvgIpc) is 2.38. The molecule has 0 saturated carbocycles. The SMILES string of the molecule is CCCc1cc(=O)[nH]c(Sc2cc(Cl)ccc2C#N)n1. The second kappa shape index (κ2) is 6.60. The highest BCUT2D eigenvalue weighted by Gasteiger charge is 2.08. The van der Waals surface area contributed by atoms with Crippen LogP contribution in [0.15, 0.2) is 39.1 Å². The minimum absolute atomic E-state index is 0.188. The van der Waals surface area contributed by atoms with Crippen LogP contribution in [0.2, 0.25) is 5.02 Å². The van der Waals surface area contributed by atoms with E-state index in [-0.39, 0.29) is 5.56 Å². The molecule has 1 aromatic carbocycles. The number of halogens is 1. The number of aromatic amines is 1. The van der Waals surface area contributed by atoms with E-state index < -0.39 is 0 Å². The van der Waals surface area contributed by atoms with Crippen LogP contribution in [0.4, 0.5) is 0 Å². The molecule has 0 atom stereocenters. The molecule has 2 rings (SSSR count). The number of hydrogen-bond donors (Lipinski definition) is 1. The Hall–Kier alpha value is -1.77. The van der Waals surface area contributed by atoms with Crippen molar-refractivity contribution in [1.29, 1.82) is 5.26 Å². The maximum Gasteiger partial charge on any atom is 0.251 e. The van der Waals surface area contributed by atoms with Gasteiger partial charge >= 0.3 is 0 Å². The van der Waals surface area contributed by atoms with Crippen molar-refractivity contribution in [3.05, 3.63) is 50.9 Å². The molecular weight excluding hydrogens is 294 g/mol. The van der Waals surface area contributed by atoms with Crippen LogP contribution in [0.5, 0.6) is 0 Å². The molecule has 0 aliphatic rings. The van der Waals surface area contributed by atoms with Crippen molar-refractivity contribution in [2.45, 2.75) is 29.8 Å². The van der Waals surface area contributed by atoms with Gasteiger partial charge in [0.25, 0.3) is 5.56 Å². The summed E-state index contributed by atoms with van der Waals surface area (Å²) in [7, 11) is 0. The van der Waals surface area contributed by atoms with E-state index in [0.29, 0.717) is 20.6 Å². The summed E-state index contributed by atoms with van der Waals surface area (Å²) in [5.41, 5.74) is 1.06. The van der Waals surface area contributed by atoms with Gasteiger partial charge < -0.3 is 4.98 Å². The van der Waals surface area contributed by atoms with Gasteiger partial charge in [0.05, 0.1) is 5.56 Å². The van der Waals surface area contributed by atoms with Crippen LogP contribution in [-0.2, 0) is 6.42 Å². The number of nitriles is 1. The molecular formula is C14H12ClN3OS. The van der Waals surface area contributed by atoms with Gasteiger partial charge in [-0.15, -0.1) is 0 Å². The third-order valence-electron chi connectivity index (χ3n) is 2.55. The molecule has 0 aliphatic carbocycles. The van der Waals surface area contributed by atoms with E-state index >= 15 is 0 Å². The van der Waals surface area contributed by atoms with Gasteiger partial charge in [-0.3, -0.25) is 4.79 Å². The number of hydrogen-bond acceptors (Lipinski definition) is 4. The largest absolute Gasteiger partial charge is 0.301 e. The molecule has 0 radical (unpaired) electrons. The van der Waals surface area contributed by atoms with Gasteiger partial charge in [0, 0.05) is 21.7 Å². The third kappa shape index (κ3) is 3.62. The van der Waals surface area contributed by atoms with Crippen molar-refractivity contribution in [3.8, 4) is 6.07 Å². The predicted molar refractivity (Wildman–Crippen MR) is 79.1 cm³/mol. The zero-order valence-electron chi connectivity index (χ0n) is 10.8. The minimum Gasteiger partial charge on any atom is -0.301 e. The highest BCUT2D eigenvalue weighted by Crippen LogP contribution is 2.29. The average molecular weight is 306 g/mol. The Kier molecular flexibility index (Phi) is 4.83. The lowest BCUT2D eigenvalue weighted by Crippen LogP contribution is -2.09. The second-order valence-electron chi connectivity index (χ2n) is 4.15. The molecule has 0 saturated heterocycles. The second-order valence-corrected chi connectivity index (χ2v) is 5.61. The van der Waals surface area contributed by atoms with Gasteiger partial charge in [0.1, 0.15) is 6.07 Å². The van der Waals surface area contributed by atoms with Crippen LogP contribution in [-0.4, -0.2) is 9.97 Å². The molecule has 0 spiro atoms. The molecule has 1 aromatic heterocycles. The van der Waals surface area contributed by atoms with E-state index in [9.17, 15) is 4.79 Å². The van der Waals surface area contributed by atoms with Gasteiger partial charge in [-0.25, -0.2) is 4.98 Å². The lowest BCUT2D eigenvalue weighted by Gasteiger charge is -2.05. The molecule has 2 aromatic rings. The summed E-state index contributed by atoms with van der Waals surface area (Å²) in [6.07, 6.45) is 1.67. The van der Waals surface area contributed by atoms with Gasteiger partial charge in [-0.2, -0.15) is 5.26 Å². The Labute approximate surface area is 125 Å². The fourth-order valence-electron chi connectivity index (χ4n) is 1.69. The fourth-order valence-corrected chi connectivity index (χ4v) is 2.86. The molecule has 6 heteroatoms. The van der Waals surface area contributed by atoms with Gasteiger partial charge in [-0.05, 0) is 24.6 Å². The maximum atomic E-state index is 11.6. The van der Waals surface area contributed by atoms with Crippen molar-refractivity contribution in [2.24, 2.45) is 0 Å². The molecule has 0 bridgehead atoms. The summed E-state index contributed by atoms with van der Waals surface area (Å²) in [5.74, 6) is 0. The highest BCUT2D eigenvalue weighted by atomic mass is 35.5. The lowest BCUT2D eigenvalue weighted by molar-refractivity contribution is 0.816. The molecule has 4 nitrogen and oxygen atoms in total.